The average molecular weight is 356 g/mol. The van der Waals surface area contributed by atoms with Gasteiger partial charge < -0.3 is 10.4 Å². The second kappa shape index (κ2) is 5.21. The minimum atomic E-state index is -0.525. The number of anilines is 1. The lowest BCUT2D eigenvalue weighted by molar-refractivity contribution is 0.102. The lowest BCUT2D eigenvalue weighted by atomic mass is 10.2. The Morgan fingerprint density at radius 1 is 1.28 bits per heavy atom. The number of pyridine rings is 1. The van der Waals surface area contributed by atoms with Crippen molar-refractivity contribution in [2.24, 2.45) is 0 Å². The molecule has 0 fully saturated rings. The van der Waals surface area contributed by atoms with Crippen LogP contribution in [0.4, 0.5) is 5.69 Å². The van der Waals surface area contributed by atoms with Gasteiger partial charge in [0.2, 0.25) is 0 Å². The molecular weight excluding hydrogens is 347 g/mol. The number of aromatic nitrogens is 1. The third kappa shape index (κ3) is 3.10. The number of nitrogens with one attached hydrogen (secondary N) is 2. The van der Waals surface area contributed by atoms with Crippen LogP contribution in [0.3, 0.4) is 0 Å². The second-order valence-corrected chi connectivity index (χ2v) is 4.83. The van der Waals surface area contributed by atoms with E-state index in [0.29, 0.717) is 5.69 Å². The number of aromatic amines is 1. The molecule has 0 atom stereocenters. The molecule has 0 bridgehead atoms. The zero-order chi connectivity index (χ0) is 13.1. The number of rotatable bonds is 2. The summed E-state index contributed by atoms with van der Waals surface area (Å²) in [5, 5.41) is 11.9. The van der Waals surface area contributed by atoms with Gasteiger partial charge in [-0.3, -0.25) is 14.6 Å². The van der Waals surface area contributed by atoms with Crippen molar-refractivity contribution < 1.29 is 9.90 Å². The molecule has 0 aliphatic carbocycles. The van der Waals surface area contributed by atoms with Crippen molar-refractivity contribution in [2.45, 2.75) is 0 Å². The Kier molecular flexibility index (Phi) is 3.66. The van der Waals surface area contributed by atoms with E-state index in [0.717, 1.165) is 9.64 Å². The van der Waals surface area contributed by atoms with Gasteiger partial charge in [0, 0.05) is 21.4 Å². The Morgan fingerprint density at radius 3 is 2.72 bits per heavy atom. The Hall–Kier alpha value is -1.83. The monoisotopic (exact) mass is 356 g/mol. The first-order valence-electron chi connectivity index (χ1n) is 5.05. The van der Waals surface area contributed by atoms with Gasteiger partial charge in [-0.25, -0.2) is 0 Å². The Balaban J connectivity index is 2.24. The fourth-order valence-electron chi connectivity index (χ4n) is 1.43. The molecule has 2 aromatic rings. The van der Waals surface area contributed by atoms with E-state index in [2.05, 4.69) is 32.9 Å². The first-order valence-corrected chi connectivity index (χ1v) is 6.13. The number of aromatic hydroxyl groups is 1. The van der Waals surface area contributed by atoms with E-state index in [4.69, 9.17) is 0 Å². The highest BCUT2D eigenvalue weighted by Crippen LogP contribution is 2.14. The highest BCUT2D eigenvalue weighted by Gasteiger charge is 2.08. The van der Waals surface area contributed by atoms with Crippen LogP contribution in [0.25, 0.3) is 0 Å². The lowest BCUT2D eigenvalue weighted by Gasteiger charge is -2.05. The normalized spacial score (nSPS) is 10.1. The lowest BCUT2D eigenvalue weighted by Crippen LogP contribution is -2.15. The smallest absolute Gasteiger partial charge is 0.256 e. The number of hydrogen-bond acceptors (Lipinski definition) is 3. The summed E-state index contributed by atoms with van der Waals surface area (Å²) in [7, 11) is 0. The molecule has 3 N–H and O–H groups in total. The van der Waals surface area contributed by atoms with Gasteiger partial charge >= 0.3 is 0 Å². The van der Waals surface area contributed by atoms with Crippen LogP contribution in [0, 0.1) is 3.57 Å². The molecule has 0 saturated carbocycles. The Labute approximate surface area is 116 Å². The summed E-state index contributed by atoms with van der Waals surface area (Å²) in [6.07, 6.45) is 0. The van der Waals surface area contributed by atoms with E-state index >= 15 is 0 Å². The van der Waals surface area contributed by atoms with Gasteiger partial charge in [0.25, 0.3) is 11.5 Å². The molecule has 0 spiro atoms. The summed E-state index contributed by atoms with van der Waals surface area (Å²) in [4.78, 5) is 25.1. The molecule has 18 heavy (non-hydrogen) atoms. The van der Waals surface area contributed by atoms with Crippen LogP contribution in [0.15, 0.2) is 41.2 Å². The van der Waals surface area contributed by atoms with Gasteiger partial charge in [-0.2, -0.15) is 0 Å². The minimum absolute atomic E-state index is 0.107. The molecule has 0 saturated heterocycles. The van der Waals surface area contributed by atoms with Gasteiger partial charge in [0.1, 0.15) is 0 Å². The van der Waals surface area contributed by atoms with Crippen molar-refractivity contribution in [1.29, 1.82) is 0 Å². The molecule has 0 unspecified atom stereocenters. The van der Waals surface area contributed by atoms with E-state index < -0.39 is 11.5 Å². The summed E-state index contributed by atoms with van der Waals surface area (Å²) in [6, 6.07) is 9.58. The zero-order valence-corrected chi connectivity index (χ0v) is 11.3. The molecule has 1 amide bonds. The highest BCUT2D eigenvalue weighted by molar-refractivity contribution is 14.1. The molecule has 1 heterocycles. The largest absolute Gasteiger partial charge is 0.494 e. The molecule has 0 aliphatic heterocycles. The molecule has 6 heteroatoms. The maximum Gasteiger partial charge on any atom is 0.256 e. The SMILES string of the molecule is O=C(Nc1cccc(I)c1)c1cc(O)[nH]c(=O)c1. The number of benzene rings is 1. The van der Waals surface area contributed by atoms with E-state index in [9.17, 15) is 14.7 Å². The van der Waals surface area contributed by atoms with Crippen LogP contribution >= 0.6 is 22.6 Å². The molecule has 0 aliphatic rings. The van der Waals surface area contributed by atoms with Gasteiger partial charge in [0.05, 0.1) is 5.56 Å². The van der Waals surface area contributed by atoms with Crippen LogP contribution in [0.2, 0.25) is 0 Å². The third-order valence-electron chi connectivity index (χ3n) is 2.17. The predicted octanol–water partition coefficient (Wildman–Crippen LogP) is 1.94. The number of carbonyl (C=O) groups is 1. The fourth-order valence-corrected chi connectivity index (χ4v) is 1.97. The summed E-state index contributed by atoms with van der Waals surface area (Å²) < 4.78 is 0.985. The quantitative estimate of drug-likeness (QED) is 0.720. The topological polar surface area (TPSA) is 82.2 Å². The zero-order valence-electron chi connectivity index (χ0n) is 9.11. The van der Waals surface area contributed by atoms with Crippen LogP contribution in [-0.2, 0) is 0 Å². The minimum Gasteiger partial charge on any atom is -0.494 e. The average Bonchev–Trinajstić information content (AvgIpc) is 2.27. The van der Waals surface area contributed by atoms with Crippen LogP contribution in [0.5, 0.6) is 5.88 Å². The maximum absolute atomic E-state index is 11.9. The van der Waals surface area contributed by atoms with E-state index in [-0.39, 0.29) is 11.4 Å². The molecule has 1 aromatic carbocycles. The third-order valence-corrected chi connectivity index (χ3v) is 2.85. The standard InChI is InChI=1S/C12H9IN2O3/c13-8-2-1-3-9(6-8)14-12(18)7-4-10(16)15-11(17)5-7/h1-6H,(H,14,18)(H2,15,16,17). The van der Waals surface area contributed by atoms with Crippen molar-refractivity contribution in [3.63, 3.8) is 0 Å². The summed E-state index contributed by atoms with van der Waals surface area (Å²) in [5.41, 5.74) is 0.213. The number of carbonyl (C=O) groups excluding carboxylic acids is 1. The molecule has 1 aromatic heterocycles. The van der Waals surface area contributed by atoms with Crippen molar-refractivity contribution in [1.82, 2.24) is 4.98 Å². The van der Waals surface area contributed by atoms with Gasteiger partial charge in [-0.1, -0.05) is 6.07 Å². The molecule has 0 radical (unpaired) electrons. The molecule has 92 valence electrons. The van der Waals surface area contributed by atoms with Crippen LogP contribution in [-0.4, -0.2) is 16.0 Å². The Bertz CT molecular complexity index is 652. The van der Waals surface area contributed by atoms with Gasteiger partial charge in [0.15, 0.2) is 5.88 Å². The summed E-state index contributed by atoms with van der Waals surface area (Å²) >= 11 is 2.13. The van der Waals surface area contributed by atoms with Crippen molar-refractivity contribution in [3.8, 4) is 5.88 Å². The number of amides is 1. The number of hydrogen-bond donors (Lipinski definition) is 3. The highest BCUT2D eigenvalue weighted by atomic mass is 127. The summed E-state index contributed by atoms with van der Waals surface area (Å²) in [6.45, 7) is 0. The first-order chi connectivity index (χ1) is 8.54. The first kappa shape index (κ1) is 12.6. The fraction of sp³-hybridized carbons (Fsp3) is 0. The van der Waals surface area contributed by atoms with Crippen molar-refractivity contribution in [3.05, 3.63) is 55.9 Å². The Morgan fingerprint density at radius 2 is 2.06 bits per heavy atom. The maximum atomic E-state index is 11.9. The van der Waals surface area contributed by atoms with Crippen LogP contribution < -0.4 is 10.9 Å². The van der Waals surface area contributed by atoms with Gasteiger partial charge in [-0.05, 0) is 40.8 Å². The van der Waals surface area contributed by atoms with Gasteiger partial charge in [-0.15, -0.1) is 0 Å². The predicted molar refractivity (Wildman–Crippen MR) is 75.8 cm³/mol. The van der Waals surface area contributed by atoms with E-state index in [1.165, 1.54) is 6.07 Å². The van der Waals surface area contributed by atoms with Crippen molar-refractivity contribution >= 4 is 34.2 Å². The molecular formula is C12H9IN2O3. The second-order valence-electron chi connectivity index (χ2n) is 3.58. The van der Waals surface area contributed by atoms with E-state index in [1.807, 2.05) is 12.1 Å². The molecule has 5 nitrogen and oxygen atoms in total. The van der Waals surface area contributed by atoms with Crippen LogP contribution in [0.1, 0.15) is 10.4 Å². The number of H-pyrrole nitrogens is 1. The van der Waals surface area contributed by atoms with E-state index in [1.54, 1.807) is 12.1 Å². The summed E-state index contributed by atoms with van der Waals surface area (Å²) in [5.74, 6) is -0.784. The molecule has 2 rings (SSSR count). The number of halogens is 1. The van der Waals surface area contributed by atoms with Crippen molar-refractivity contribution in [2.75, 3.05) is 5.32 Å².